The predicted octanol–water partition coefficient (Wildman–Crippen LogP) is 3.81. The van der Waals surface area contributed by atoms with Crippen LogP contribution in [0.5, 0.6) is 0 Å². The summed E-state index contributed by atoms with van der Waals surface area (Å²) in [5, 5.41) is 11.2. The lowest BCUT2D eigenvalue weighted by Gasteiger charge is -2.30. The maximum atomic E-state index is 12.8. The first-order chi connectivity index (χ1) is 14.4. The van der Waals surface area contributed by atoms with Gasteiger partial charge in [0.15, 0.2) is 0 Å². The zero-order chi connectivity index (χ0) is 21.1. The van der Waals surface area contributed by atoms with Crippen LogP contribution in [0.1, 0.15) is 56.8 Å². The molecule has 0 radical (unpaired) electrons. The molecule has 10 heteroatoms. The van der Waals surface area contributed by atoms with E-state index in [-0.39, 0.29) is 41.7 Å². The molecule has 0 unspecified atom stereocenters. The number of benzene rings is 1. The molecular weight excluding hydrogens is 428 g/mol. The number of anilines is 1. The molecule has 1 aliphatic carbocycles. The summed E-state index contributed by atoms with van der Waals surface area (Å²) in [6.07, 6.45) is 6.50. The zero-order valence-electron chi connectivity index (χ0n) is 16.6. The molecule has 1 aromatic carbocycles. The molecular formula is C20H25ClN4O4S. The van der Waals surface area contributed by atoms with Gasteiger partial charge in [0.25, 0.3) is 0 Å². The maximum Gasteiger partial charge on any atom is 0.322 e. The minimum atomic E-state index is -3.59. The molecule has 2 aromatic rings. The normalized spacial score (nSPS) is 19.6. The fourth-order valence-electron chi connectivity index (χ4n) is 4.12. The summed E-state index contributed by atoms with van der Waals surface area (Å²) in [6, 6.07) is 6.23. The molecule has 1 aromatic heterocycles. The molecule has 30 heavy (non-hydrogen) atoms. The van der Waals surface area contributed by atoms with Gasteiger partial charge in [-0.1, -0.05) is 36.0 Å². The fourth-order valence-corrected chi connectivity index (χ4v) is 5.72. The topological polar surface area (TPSA) is 105 Å². The largest absolute Gasteiger partial charge is 0.408 e. The van der Waals surface area contributed by atoms with Crippen molar-refractivity contribution in [3.05, 3.63) is 35.2 Å². The van der Waals surface area contributed by atoms with Crippen molar-refractivity contribution in [3.8, 4) is 0 Å². The Balaban J connectivity index is 1.32. The lowest BCUT2D eigenvalue weighted by Crippen LogP contribution is -2.41. The molecule has 8 nitrogen and oxygen atoms in total. The highest BCUT2D eigenvalue weighted by Crippen LogP contribution is 2.32. The molecule has 2 heterocycles. The van der Waals surface area contributed by atoms with E-state index in [1.807, 2.05) is 0 Å². The summed E-state index contributed by atoms with van der Waals surface area (Å²) in [5.74, 6) is 0.358. The third-order valence-corrected chi connectivity index (χ3v) is 8.07. The van der Waals surface area contributed by atoms with Crippen LogP contribution in [0.3, 0.4) is 0 Å². The number of hydrogen-bond acceptors (Lipinski definition) is 6. The summed E-state index contributed by atoms with van der Waals surface area (Å²) in [6.45, 7) is 0.556. The van der Waals surface area contributed by atoms with E-state index in [9.17, 15) is 13.2 Å². The van der Waals surface area contributed by atoms with Crippen LogP contribution in [0.2, 0.25) is 5.02 Å². The van der Waals surface area contributed by atoms with Crippen molar-refractivity contribution < 1.29 is 17.6 Å². The number of aromatic nitrogens is 2. The molecule has 0 atom stereocenters. The average molecular weight is 453 g/mol. The number of hydrogen-bond donors (Lipinski definition) is 1. The van der Waals surface area contributed by atoms with Crippen LogP contribution in [-0.4, -0.2) is 41.9 Å². The van der Waals surface area contributed by atoms with Crippen LogP contribution in [0.15, 0.2) is 33.6 Å². The SMILES string of the molecule is O=C(Nc1nnc(C2CCCCC2)o1)C1CCN(S(=O)(=O)c2ccc(Cl)cc2)CC1. The Hall–Kier alpha value is -1.97. The van der Waals surface area contributed by atoms with Crippen molar-refractivity contribution in [1.29, 1.82) is 0 Å². The lowest BCUT2D eigenvalue weighted by molar-refractivity contribution is -0.121. The Morgan fingerprint density at radius 2 is 1.70 bits per heavy atom. The maximum absolute atomic E-state index is 12.8. The molecule has 1 N–H and O–H groups in total. The van der Waals surface area contributed by atoms with Gasteiger partial charge in [-0.15, -0.1) is 5.10 Å². The number of sulfonamides is 1. The van der Waals surface area contributed by atoms with E-state index in [1.54, 1.807) is 12.1 Å². The highest BCUT2D eigenvalue weighted by atomic mass is 35.5. The summed E-state index contributed by atoms with van der Waals surface area (Å²) >= 11 is 5.84. The van der Waals surface area contributed by atoms with Crippen molar-refractivity contribution in [1.82, 2.24) is 14.5 Å². The molecule has 162 valence electrons. The van der Waals surface area contributed by atoms with Crippen LogP contribution in [-0.2, 0) is 14.8 Å². The number of piperidine rings is 1. The van der Waals surface area contributed by atoms with Gasteiger partial charge in [-0.05, 0) is 49.9 Å². The highest BCUT2D eigenvalue weighted by molar-refractivity contribution is 7.89. The monoisotopic (exact) mass is 452 g/mol. The van der Waals surface area contributed by atoms with Gasteiger partial charge in [-0.2, -0.15) is 4.31 Å². The van der Waals surface area contributed by atoms with E-state index < -0.39 is 10.0 Å². The summed E-state index contributed by atoms with van der Waals surface area (Å²) in [7, 11) is -3.59. The van der Waals surface area contributed by atoms with Crippen molar-refractivity contribution in [2.45, 2.75) is 55.8 Å². The van der Waals surface area contributed by atoms with E-state index in [2.05, 4.69) is 15.5 Å². The molecule has 1 amide bonds. The average Bonchev–Trinajstić information content (AvgIpc) is 3.23. The Morgan fingerprint density at radius 3 is 2.37 bits per heavy atom. The quantitative estimate of drug-likeness (QED) is 0.739. The van der Waals surface area contributed by atoms with Crippen LogP contribution in [0.25, 0.3) is 0 Å². The van der Waals surface area contributed by atoms with Crippen LogP contribution in [0.4, 0.5) is 6.01 Å². The van der Waals surface area contributed by atoms with Crippen molar-refractivity contribution in [2.75, 3.05) is 18.4 Å². The molecule has 1 aliphatic heterocycles. The summed E-state index contributed by atoms with van der Waals surface area (Å²) in [4.78, 5) is 12.8. The van der Waals surface area contributed by atoms with Gasteiger partial charge in [0.1, 0.15) is 0 Å². The number of rotatable bonds is 5. The molecule has 0 spiro atoms. The van der Waals surface area contributed by atoms with Crippen molar-refractivity contribution >= 4 is 33.5 Å². The fraction of sp³-hybridized carbons (Fsp3) is 0.550. The van der Waals surface area contributed by atoms with Gasteiger partial charge < -0.3 is 4.42 Å². The number of carbonyl (C=O) groups is 1. The van der Waals surface area contributed by atoms with Gasteiger partial charge in [-0.25, -0.2) is 8.42 Å². The van der Waals surface area contributed by atoms with Crippen molar-refractivity contribution in [3.63, 3.8) is 0 Å². The first-order valence-electron chi connectivity index (χ1n) is 10.3. The summed E-state index contributed by atoms with van der Waals surface area (Å²) < 4.78 is 32.6. The van der Waals surface area contributed by atoms with E-state index in [0.717, 1.165) is 25.7 Å². The molecule has 2 fully saturated rings. The number of nitrogens with zero attached hydrogens (tertiary/aromatic N) is 3. The molecule has 1 saturated heterocycles. The number of carbonyl (C=O) groups excluding carboxylic acids is 1. The van der Waals surface area contributed by atoms with Crippen LogP contribution >= 0.6 is 11.6 Å². The smallest absolute Gasteiger partial charge is 0.322 e. The van der Waals surface area contributed by atoms with Crippen molar-refractivity contribution in [2.24, 2.45) is 5.92 Å². The Morgan fingerprint density at radius 1 is 1.03 bits per heavy atom. The van der Waals surface area contributed by atoms with Crippen LogP contribution < -0.4 is 5.32 Å². The number of halogens is 1. The van der Waals surface area contributed by atoms with Gasteiger partial charge in [0.2, 0.25) is 21.8 Å². The van der Waals surface area contributed by atoms with Gasteiger partial charge in [0.05, 0.1) is 4.90 Å². The van der Waals surface area contributed by atoms with Crippen LogP contribution in [0, 0.1) is 5.92 Å². The predicted molar refractivity (Wildman–Crippen MR) is 112 cm³/mol. The minimum absolute atomic E-state index is 0.122. The number of nitrogens with one attached hydrogen (secondary N) is 1. The second kappa shape index (κ2) is 9.03. The second-order valence-electron chi connectivity index (χ2n) is 7.90. The third-order valence-electron chi connectivity index (χ3n) is 5.90. The Bertz CT molecular complexity index is 978. The minimum Gasteiger partial charge on any atom is -0.408 e. The van der Waals surface area contributed by atoms with E-state index in [0.29, 0.717) is 23.8 Å². The molecule has 4 rings (SSSR count). The lowest BCUT2D eigenvalue weighted by atomic mass is 9.89. The van der Waals surface area contributed by atoms with E-state index in [1.165, 1.54) is 22.9 Å². The molecule has 2 aliphatic rings. The molecule has 1 saturated carbocycles. The number of amides is 1. The third kappa shape index (κ3) is 4.68. The standard InChI is InChI=1S/C20H25ClN4O4S/c21-16-6-8-17(9-7-16)30(27,28)25-12-10-14(11-13-25)18(26)22-20-24-23-19(29-20)15-4-2-1-3-5-15/h6-9,14-15H,1-5,10-13H2,(H,22,24,26). The van der Waals surface area contributed by atoms with E-state index >= 15 is 0 Å². The Kier molecular flexibility index (Phi) is 6.40. The van der Waals surface area contributed by atoms with Gasteiger partial charge in [-0.3, -0.25) is 10.1 Å². The first kappa shape index (κ1) is 21.3. The zero-order valence-corrected chi connectivity index (χ0v) is 18.2. The molecule has 0 bridgehead atoms. The highest BCUT2D eigenvalue weighted by Gasteiger charge is 2.32. The van der Waals surface area contributed by atoms with Gasteiger partial charge >= 0.3 is 6.01 Å². The Labute approximate surface area is 181 Å². The van der Waals surface area contributed by atoms with E-state index in [4.69, 9.17) is 16.0 Å². The summed E-state index contributed by atoms with van der Waals surface area (Å²) in [5.41, 5.74) is 0. The van der Waals surface area contributed by atoms with Gasteiger partial charge in [0, 0.05) is 29.9 Å². The second-order valence-corrected chi connectivity index (χ2v) is 10.3. The first-order valence-corrected chi connectivity index (χ1v) is 12.2.